The van der Waals surface area contributed by atoms with E-state index in [9.17, 15) is 8.42 Å². The summed E-state index contributed by atoms with van der Waals surface area (Å²) in [5.74, 6) is 0.677. The Labute approximate surface area is 132 Å². The van der Waals surface area contributed by atoms with Gasteiger partial charge in [-0.3, -0.25) is 0 Å². The van der Waals surface area contributed by atoms with Crippen molar-refractivity contribution in [2.24, 2.45) is 11.1 Å². The van der Waals surface area contributed by atoms with E-state index in [1.54, 1.807) is 35.7 Å². The van der Waals surface area contributed by atoms with Crippen molar-refractivity contribution >= 4 is 22.4 Å². The van der Waals surface area contributed by atoms with Gasteiger partial charge < -0.3 is 10.5 Å². The first kappa shape index (κ1) is 18.2. The van der Waals surface area contributed by atoms with Gasteiger partial charge in [0.1, 0.15) is 5.75 Å². The van der Waals surface area contributed by atoms with Gasteiger partial charge in [-0.15, -0.1) is 12.4 Å². The molecule has 0 radical (unpaired) electrons. The summed E-state index contributed by atoms with van der Waals surface area (Å²) in [6.07, 6.45) is 0.820. The summed E-state index contributed by atoms with van der Waals surface area (Å²) in [6.45, 7) is 3.61. The Hall–Kier alpha value is -0.820. The number of hydrogen-bond donors (Lipinski definition) is 1. The van der Waals surface area contributed by atoms with Crippen LogP contribution in [0.3, 0.4) is 0 Å². The van der Waals surface area contributed by atoms with Crippen LogP contribution in [-0.2, 0) is 15.8 Å². The molecule has 1 unspecified atom stereocenters. The minimum absolute atomic E-state index is 0. The van der Waals surface area contributed by atoms with Crippen LogP contribution < -0.4 is 10.5 Å². The fourth-order valence-corrected chi connectivity index (χ4v) is 4.11. The smallest absolute Gasteiger partial charge is 0.218 e. The van der Waals surface area contributed by atoms with E-state index in [-0.39, 0.29) is 23.6 Å². The van der Waals surface area contributed by atoms with Crippen molar-refractivity contribution in [3.8, 4) is 5.75 Å². The van der Waals surface area contributed by atoms with Crippen molar-refractivity contribution in [2.75, 3.05) is 26.7 Å². The zero-order valence-electron chi connectivity index (χ0n) is 12.4. The second-order valence-electron chi connectivity index (χ2n) is 5.71. The average molecular weight is 335 g/mol. The van der Waals surface area contributed by atoms with Crippen LogP contribution in [-0.4, -0.2) is 39.5 Å². The van der Waals surface area contributed by atoms with Gasteiger partial charge in [0.05, 0.1) is 12.9 Å². The quantitative estimate of drug-likeness (QED) is 0.888. The molecule has 5 nitrogen and oxygen atoms in total. The van der Waals surface area contributed by atoms with Crippen LogP contribution in [0.2, 0.25) is 0 Å². The van der Waals surface area contributed by atoms with Crippen LogP contribution in [0.4, 0.5) is 0 Å². The minimum Gasteiger partial charge on any atom is -0.497 e. The first-order valence-electron chi connectivity index (χ1n) is 6.69. The van der Waals surface area contributed by atoms with Gasteiger partial charge in [0.15, 0.2) is 0 Å². The van der Waals surface area contributed by atoms with E-state index >= 15 is 0 Å². The third kappa shape index (κ3) is 4.32. The first-order valence-corrected chi connectivity index (χ1v) is 8.30. The lowest BCUT2D eigenvalue weighted by Crippen LogP contribution is -2.35. The standard InChI is InChI=1S/C14H22N2O3S.ClH/c1-14(10-15)6-7-16(11-14)20(17,18)9-12-4-3-5-13(8-12)19-2;/h3-5,8H,6-7,9-11,15H2,1-2H3;1H. The highest BCUT2D eigenvalue weighted by Gasteiger charge is 2.38. The lowest BCUT2D eigenvalue weighted by atomic mass is 9.90. The van der Waals surface area contributed by atoms with Gasteiger partial charge in [-0.05, 0) is 36.1 Å². The highest BCUT2D eigenvalue weighted by atomic mass is 35.5. The summed E-state index contributed by atoms with van der Waals surface area (Å²) in [5.41, 5.74) is 6.37. The molecule has 0 saturated carbocycles. The summed E-state index contributed by atoms with van der Waals surface area (Å²) >= 11 is 0. The fourth-order valence-electron chi connectivity index (χ4n) is 2.45. The molecule has 1 aliphatic rings. The molecule has 1 atom stereocenters. The third-order valence-electron chi connectivity index (χ3n) is 3.89. The molecule has 2 rings (SSSR count). The Morgan fingerprint density at radius 1 is 1.43 bits per heavy atom. The van der Waals surface area contributed by atoms with Gasteiger partial charge in [-0.2, -0.15) is 0 Å². The van der Waals surface area contributed by atoms with E-state index < -0.39 is 10.0 Å². The predicted molar refractivity (Wildman–Crippen MR) is 86.2 cm³/mol. The van der Waals surface area contributed by atoms with Crippen LogP contribution >= 0.6 is 12.4 Å². The molecule has 21 heavy (non-hydrogen) atoms. The number of hydrogen-bond acceptors (Lipinski definition) is 4. The monoisotopic (exact) mass is 334 g/mol. The summed E-state index contributed by atoms with van der Waals surface area (Å²) in [7, 11) is -1.73. The predicted octanol–water partition coefficient (Wildman–Crippen LogP) is 1.62. The maximum Gasteiger partial charge on any atom is 0.218 e. The molecule has 1 saturated heterocycles. The Bertz CT molecular complexity index is 579. The number of benzene rings is 1. The minimum atomic E-state index is -3.30. The largest absolute Gasteiger partial charge is 0.497 e. The summed E-state index contributed by atoms with van der Waals surface area (Å²) in [4.78, 5) is 0. The van der Waals surface area contributed by atoms with Gasteiger partial charge >= 0.3 is 0 Å². The van der Waals surface area contributed by atoms with Gasteiger partial charge in [-0.1, -0.05) is 19.1 Å². The Morgan fingerprint density at radius 2 is 2.14 bits per heavy atom. The molecule has 0 spiro atoms. The molecule has 1 aromatic rings. The summed E-state index contributed by atoms with van der Waals surface area (Å²) < 4.78 is 31.6. The van der Waals surface area contributed by atoms with Crippen molar-refractivity contribution in [3.63, 3.8) is 0 Å². The number of halogens is 1. The topological polar surface area (TPSA) is 72.6 Å². The average Bonchev–Trinajstić information content (AvgIpc) is 2.83. The van der Waals surface area contributed by atoms with Crippen LogP contribution in [0.5, 0.6) is 5.75 Å². The molecule has 1 fully saturated rings. The molecule has 1 heterocycles. The molecule has 7 heteroatoms. The molecular weight excluding hydrogens is 312 g/mol. The SMILES string of the molecule is COc1cccc(CS(=O)(=O)N2CCC(C)(CN)C2)c1.Cl. The van der Waals surface area contributed by atoms with E-state index in [2.05, 4.69) is 0 Å². The summed E-state index contributed by atoms with van der Waals surface area (Å²) in [5, 5.41) is 0. The molecule has 0 aromatic heterocycles. The Balaban J connectivity index is 0.00000220. The van der Waals surface area contributed by atoms with E-state index in [4.69, 9.17) is 10.5 Å². The normalized spacial score (nSPS) is 22.8. The Kier molecular flexibility index (Phi) is 6.04. The molecule has 1 aliphatic heterocycles. The first-order chi connectivity index (χ1) is 9.38. The van der Waals surface area contributed by atoms with Gasteiger partial charge in [0, 0.05) is 13.1 Å². The van der Waals surface area contributed by atoms with E-state index in [0.29, 0.717) is 25.4 Å². The van der Waals surface area contributed by atoms with Crippen molar-refractivity contribution in [1.29, 1.82) is 0 Å². The highest BCUT2D eigenvalue weighted by molar-refractivity contribution is 7.88. The molecule has 0 bridgehead atoms. The maximum atomic E-state index is 12.4. The van der Waals surface area contributed by atoms with Gasteiger partial charge in [-0.25, -0.2) is 12.7 Å². The zero-order chi connectivity index (χ0) is 14.8. The van der Waals surface area contributed by atoms with Crippen LogP contribution in [0.1, 0.15) is 18.9 Å². The lowest BCUT2D eigenvalue weighted by Gasteiger charge is -2.22. The van der Waals surface area contributed by atoms with Crippen molar-refractivity contribution in [3.05, 3.63) is 29.8 Å². The molecule has 2 N–H and O–H groups in total. The number of rotatable bonds is 5. The zero-order valence-corrected chi connectivity index (χ0v) is 14.0. The number of ether oxygens (including phenoxy) is 1. The number of nitrogens with two attached hydrogens (primary N) is 1. The van der Waals surface area contributed by atoms with Crippen molar-refractivity contribution in [2.45, 2.75) is 19.1 Å². The molecule has 0 amide bonds. The Morgan fingerprint density at radius 3 is 2.71 bits per heavy atom. The molecule has 120 valence electrons. The molecular formula is C14H23ClN2O3S. The van der Waals surface area contributed by atoms with Gasteiger partial charge in [0.25, 0.3) is 0 Å². The van der Waals surface area contributed by atoms with Crippen LogP contribution in [0.25, 0.3) is 0 Å². The molecule has 0 aliphatic carbocycles. The summed E-state index contributed by atoms with van der Waals surface area (Å²) in [6, 6.07) is 7.17. The van der Waals surface area contributed by atoms with Crippen molar-refractivity contribution in [1.82, 2.24) is 4.31 Å². The number of methoxy groups -OCH3 is 1. The van der Waals surface area contributed by atoms with E-state index in [1.165, 1.54) is 0 Å². The number of nitrogens with zero attached hydrogens (tertiary/aromatic N) is 1. The van der Waals surface area contributed by atoms with Gasteiger partial charge in [0.2, 0.25) is 10.0 Å². The van der Waals surface area contributed by atoms with Crippen LogP contribution in [0, 0.1) is 5.41 Å². The molecule has 1 aromatic carbocycles. The van der Waals surface area contributed by atoms with Crippen LogP contribution in [0.15, 0.2) is 24.3 Å². The lowest BCUT2D eigenvalue weighted by molar-refractivity contribution is 0.349. The van der Waals surface area contributed by atoms with E-state index in [1.807, 2.05) is 6.92 Å². The second-order valence-corrected chi connectivity index (χ2v) is 7.67. The van der Waals surface area contributed by atoms with E-state index in [0.717, 1.165) is 12.0 Å². The second kappa shape index (κ2) is 6.96. The van der Waals surface area contributed by atoms with Crippen molar-refractivity contribution < 1.29 is 13.2 Å². The number of sulfonamides is 1. The maximum absolute atomic E-state index is 12.4. The fraction of sp³-hybridized carbons (Fsp3) is 0.571. The highest BCUT2D eigenvalue weighted by Crippen LogP contribution is 2.31. The third-order valence-corrected chi connectivity index (χ3v) is 5.69.